The van der Waals surface area contributed by atoms with E-state index in [1.807, 2.05) is 37.3 Å². The molecule has 0 saturated carbocycles. The minimum atomic E-state index is -0.899. The molecular weight excluding hydrogens is 232 g/mol. The minimum Gasteiger partial charge on any atom is -0.481 e. The molecule has 1 aromatic carbocycles. The van der Waals surface area contributed by atoms with Gasteiger partial charge in [0.1, 0.15) is 5.92 Å². The molecule has 0 spiro atoms. The first-order chi connectivity index (χ1) is 8.74. The quantitative estimate of drug-likeness (QED) is 0.867. The summed E-state index contributed by atoms with van der Waals surface area (Å²) in [5, 5.41) is 20.5. The second-order valence-electron chi connectivity index (χ2n) is 3.96. The zero-order valence-corrected chi connectivity index (χ0v) is 10.0. The summed E-state index contributed by atoms with van der Waals surface area (Å²) >= 11 is 0. The minimum absolute atomic E-state index is 0.371. The highest BCUT2D eigenvalue weighted by molar-refractivity contribution is 5.74. The number of tetrazole rings is 1. The lowest BCUT2D eigenvalue weighted by atomic mass is 10.0. The number of carbonyl (C=O) groups is 1. The number of rotatable bonds is 5. The maximum Gasteiger partial charge on any atom is 0.314 e. The number of aliphatic carboxylic acids is 1. The molecule has 0 radical (unpaired) electrons. The molecule has 1 atom stereocenters. The van der Waals surface area contributed by atoms with Gasteiger partial charge in [-0.05, 0) is 29.0 Å². The fourth-order valence-electron chi connectivity index (χ4n) is 1.82. The molecular formula is C12H14N4O2. The number of hydrogen-bond acceptors (Lipinski definition) is 4. The Morgan fingerprint density at radius 2 is 2.11 bits per heavy atom. The van der Waals surface area contributed by atoms with Crippen LogP contribution in [0.4, 0.5) is 0 Å². The number of benzene rings is 1. The van der Waals surface area contributed by atoms with E-state index < -0.39 is 11.9 Å². The molecule has 0 aliphatic carbocycles. The molecule has 0 saturated heterocycles. The van der Waals surface area contributed by atoms with Crippen molar-refractivity contribution >= 4 is 5.97 Å². The van der Waals surface area contributed by atoms with Crippen molar-refractivity contribution in [3.63, 3.8) is 0 Å². The Morgan fingerprint density at radius 3 is 2.72 bits per heavy atom. The zero-order chi connectivity index (χ0) is 13.0. The van der Waals surface area contributed by atoms with E-state index in [4.69, 9.17) is 0 Å². The van der Waals surface area contributed by atoms with Crippen LogP contribution in [0.25, 0.3) is 5.69 Å². The summed E-state index contributed by atoms with van der Waals surface area (Å²) < 4.78 is 1.48. The second kappa shape index (κ2) is 5.39. The van der Waals surface area contributed by atoms with Crippen LogP contribution < -0.4 is 0 Å². The molecule has 0 aliphatic heterocycles. The first kappa shape index (κ1) is 12.2. The van der Waals surface area contributed by atoms with Crippen LogP contribution in [-0.4, -0.2) is 31.3 Å². The predicted octanol–water partition coefficient (Wildman–Crippen LogP) is 1.63. The molecule has 1 aromatic heterocycles. The molecule has 0 bridgehead atoms. The van der Waals surface area contributed by atoms with Crippen molar-refractivity contribution in [1.82, 2.24) is 20.2 Å². The average Bonchev–Trinajstić information content (AvgIpc) is 2.85. The highest BCUT2D eigenvalue weighted by atomic mass is 16.4. The molecule has 1 unspecified atom stereocenters. The summed E-state index contributed by atoms with van der Waals surface area (Å²) in [6.07, 6.45) is 1.28. The Bertz CT molecular complexity index is 524. The summed E-state index contributed by atoms with van der Waals surface area (Å²) in [6, 6.07) is 9.27. The van der Waals surface area contributed by atoms with Gasteiger partial charge in [-0.15, -0.1) is 5.10 Å². The van der Waals surface area contributed by atoms with Gasteiger partial charge in [0.05, 0.1) is 5.69 Å². The maximum atomic E-state index is 11.3. The van der Waals surface area contributed by atoms with Gasteiger partial charge in [-0.25, -0.2) is 0 Å². The van der Waals surface area contributed by atoms with Crippen LogP contribution in [0.2, 0.25) is 0 Å². The monoisotopic (exact) mass is 246 g/mol. The maximum absolute atomic E-state index is 11.3. The number of hydrogen-bond donors (Lipinski definition) is 1. The van der Waals surface area contributed by atoms with E-state index in [1.165, 1.54) is 4.68 Å². The summed E-state index contributed by atoms with van der Waals surface area (Å²) in [4.78, 5) is 11.3. The van der Waals surface area contributed by atoms with E-state index in [-0.39, 0.29) is 0 Å². The lowest BCUT2D eigenvalue weighted by molar-refractivity contribution is -0.139. The highest BCUT2D eigenvalue weighted by Crippen LogP contribution is 2.21. The van der Waals surface area contributed by atoms with Gasteiger partial charge in [-0.1, -0.05) is 31.5 Å². The molecule has 18 heavy (non-hydrogen) atoms. The van der Waals surface area contributed by atoms with Crippen LogP contribution in [0.5, 0.6) is 0 Å². The SMILES string of the molecule is CCCC(C(=O)O)c1nnnn1-c1ccccc1. The number of para-hydroxylation sites is 1. The van der Waals surface area contributed by atoms with Gasteiger partial charge in [0.2, 0.25) is 0 Å². The average molecular weight is 246 g/mol. The lowest BCUT2D eigenvalue weighted by Crippen LogP contribution is -2.17. The van der Waals surface area contributed by atoms with Gasteiger partial charge in [-0.3, -0.25) is 4.79 Å². The Morgan fingerprint density at radius 1 is 1.39 bits per heavy atom. The third kappa shape index (κ3) is 2.37. The van der Waals surface area contributed by atoms with Crippen LogP contribution in [0.15, 0.2) is 30.3 Å². The number of carboxylic acids is 1. The smallest absolute Gasteiger partial charge is 0.314 e. The van der Waals surface area contributed by atoms with Crippen LogP contribution >= 0.6 is 0 Å². The van der Waals surface area contributed by atoms with Gasteiger partial charge < -0.3 is 5.11 Å². The van der Waals surface area contributed by atoms with Crippen molar-refractivity contribution in [2.24, 2.45) is 0 Å². The van der Waals surface area contributed by atoms with Crippen molar-refractivity contribution < 1.29 is 9.90 Å². The molecule has 0 aliphatic rings. The van der Waals surface area contributed by atoms with E-state index >= 15 is 0 Å². The fraction of sp³-hybridized carbons (Fsp3) is 0.333. The number of aromatic nitrogens is 4. The Kier molecular flexibility index (Phi) is 3.66. The van der Waals surface area contributed by atoms with Crippen molar-refractivity contribution in [1.29, 1.82) is 0 Å². The summed E-state index contributed by atoms with van der Waals surface area (Å²) in [7, 11) is 0. The lowest BCUT2D eigenvalue weighted by Gasteiger charge is -2.10. The van der Waals surface area contributed by atoms with Crippen molar-refractivity contribution in [2.75, 3.05) is 0 Å². The van der Waals surface area contributed by atoms with E-state index in [0.717, 1.165) is 12.1 Å². The van der Waals surface area contributed by atoms with E-state index in [1.54, 1.807) is 0 Å². The molecule has 1 heterocycles. The largest absolute Gasteiger partial charge is 0.481 e. The fourth-order valence-corrected chi connectivity index (χ4v) is 1.82. The first-order valence-corrected chi connectivity index (χ1v) is 5.80. The normalized spacial score (nSPS) is 12.3. The standard InChI is InChI=1S/C12H14N4O2/c1-2-6-10(12(17)18)11-13-14-15-16(11)9-7-4-3-5-8-9/h3-5,7-8,10H,2,6H2,1H3,(H,17,18). The number of nitrogens with zero attached hydrogens (tertiary/aromatic N) is 4. The summed E-state index contributed by atoms with van der Waals surface area (Å²) in [5.41, 5.74) is 0.764. The highest BCUT2D eigenvalue weighted by Gasteiger charge is 2.25. The summed E-state index contributed by atoms with van der Waals surface area (Å²) in [5.74, 6) is -1.20. The van der Waals surface area contributed by atoms with E-state index in [0.29, 0.717) is 12.2 Å². The van der Waals surface area contributed by atoms with Gasteiger partial charge >= 0.3 is 5.97 Å². The van der Waals surface area contributed by atoms with Crippen molar-refractivity contribution in [3.8, 4) is 5.69 Å². The first-order valence-electron chi connectivity index (χ1n) is 5.80. The Labute approximate surface area is 104 Å². The summed E-state index contributed by atoms with van der Waals surface area (Å²) in [6.45, 7) is 1.94. The molecule has 94 valence electrons. The molecule has 6 nitrogen and oxygen atoms in total. The van der Waals surface area contributed by atoms with Gasteiger partial charge in [0, 0.05) is 0 Å². The topological polar surface area (TPSA) is 80.9 Å². The van der Waals surface area contributed by atoms with Gasteiger partial charge in [-0.2, -0.15) is 4.68 Å². The Balaban J connectivity index is 2.41. The third-order valence-electron chi connectivity index (χ3n) is 2.68. The molecule has 6 heteroatoms. The van der Waals surface area contributed by atoms with Gasteiger partial charge in [0.15, 0.2) is 5.82 Å². The van der Waals surface area contributed by atoms with Crippen molar-refractivity contribution in [3.05, 3.63) is 36.2 Å². The predicted molar refractivity (Wildman–Crippen MR) is 64.4 cm³/mol. The third-order valence-corrected chi connectivity index (χ3v) is 2.68. The van der Waals surface area contributed by atoms with E-state index in [9.17, 15) is 9.90 Å². The van der Waals surface area contributed by atoms with E-state index in [2.05, 4.69) is 15.5 Å². The van der Waals surface area contributed by atoms with Crippen molar-refractivity contribution in [2.45, 2.75) is 25.7 Å². The molecule has 2 rings (SSSR count). The molecule has 0 fully saturated rings. The van der Waals surface area contributed by atoms with Crippen LogP contribution in [0, 0.1) is 0 Å². The number of carboxylic acid groups (broad SMARTS) is 1. The van der Waals surface area contributed by atoms with Crippen LogP contribution in [0.1, 0.15) is 31.5 Å². The molecule has 2 aromatic rings. The van der Waals surface area contributed by atoms with Crippen LogP contribution in [0.3, 0.4) is 0 Å². The second-order valence-corrected chi connectivity index (χ2v) is 3.96. The Hall–Kier alpha value is -2.24. The molecule has 0 amide bonds. The van der Waals surface area contributed by atoms with Gasteiger partial charge in [0.25, 0.3) is 0 Å². The molecule has 1 N–H and O–H groups in total. The zero-order valence-electron chi connectivity index (χ0n) is 10.0. The van der Waals surface area contributed by atoms with Crippen LogP contribution in [-0.2, 0) is 4.79 Å².